The predicted molar refractivity (Wildman–Crippen MR) is 72.8 cm³/mol. The summed E-state index contributed by atoms with van der Waals surface area (Å²) in [7, 11) is 0. The summed E-state index contributed by atoms with van der Waals surface area (Å²) in [6.07, 6.45) is 1.12. The maximum Gasteiger partial charge on any atom is 0.326 e. The van der Waals surface area contributed by atoms with Crippen molar-refractivity contribution in [3.63, 3.8) is 0 Å². The van der Waals surface area contributed by atoms with Crippen molar-refractivity contribution < 1.29 is 24.2 Å². The normalized spacial score (nSPS) is 17.5. The lowest BCUT2D eigenvalue weighted by Gasteiger charge is -2.21. The summed E-state index contributed by atoms with van der Waals surface area (Å²) in [5.74, 6) is -1.63. The Morgan fingerprint density at radius 1 is 1.38 bits per heavy atom. The fourth-order valence-electron chi connectivity index (χ4n) is 2.31. The van der Waals surface area contributed by atoms with E-state index < -0.39 is 17.9 Å². The summed E-state index contributed by atoms with van der Waals surface area (Å²) in [4.78, 5) is 35.5. The Morgan fingerprint density at radius 2 is 2.14 bits per heavy atom. The third kappa shape index (κ3) is 3.50. The van der Waals surface area contributed by atoms with Crippen LogP contribution in [0.5, 0.6) is 5.75 Å². The van der Waals surface area contributed by atoms with E-state index in [0.29, 0.717) is 30.7 Å². The molecular formula is C14H16N2O5. The number of rotatable bonds is 5. The van der Waals surface area contributed by atoms with Gasteiger partial charge in [0.25, 0.3) is 11.8 Å². The van der Waals surface area contributed by atoms with Gasteiger partial charge in [-0.1, -0.05) is 6.07 Å². The molecule has 3 N–H and O–H groups in total. The van der Waals surface area contributed by atoms with Crippen LogP contribution in [-0.4, -0.2) is 47.0 Å². The number of nitrogens with zero attached hydrogens (tertiary/aromatic N) is 1. The Bertz CT molecular complexity index is 572. The molecule has 1 saturated heterocycles. The second kappa shape index (κ2) is 6.25. The van der Waals surface area contributed by atoms with Crippen LogP contribution in [0.1, 0.15) is 23.2 Å². The second-order valence-corrected chi connectivity index (χ2v) is 4.78. The van der Waals surface area contributed by atoms with Crippen molar-refractivity contribution in [2.24, 2.45) is 5.73 Å². The summed E-state index contributed by atoms with van der Waals surface area (Å²) in [5.41, 5.74) is 5.31. The molecule has 0 saturated carbocycles. The molecule has 7 nitrogen and oxygen atoms in total. The first-order chi connectivity index (χ1) is 9.99. The van der Waals surface area contributed by atoms with Gasteiger partial charge in [-0.25, -0.2) is 4.79 Å². The highest BCUT2D eigenvalue weighted by molar-refractivity contribution is 5.97. The van der Waals surface area contributed by atoms with Crippen LogP contribution >= 0.6 is 0 Å². The highest BCUT2D eigenvalue weighted by atomic mass is 16.5. The number of aliphatic carboxylic acids is 1. The molecule has 0 aliphatic carbocycles. The van der Waals surface area contributed by atoms with Gasteiger partial charge >= 0.3 is 5.97 Å². The topological polar surface area (TPSA) is 110 Å². The first-order valence-corrected chi connectivity index (χ1v) is 6.54. The van der Waals surface area contributed by atoms with Crippen molar-refractivity contribution in [1.29, 1.82) is 0 Å². The van der Waals surface area contributed by atoms with Crippen molar-refractivity contribution >= 4 is 17.8 Å². The third-order valence-electron chi connectivity index (χ3n) is 3.26. The first kappa shape index (κ1) is 14.8. The number of hydrogen-bond acceptors (Lipinski definition) is 4. The largest absolute Gasteiger partial charge is 0.484 e. The molecule has 1 atom stereocenters. The standard InChI is InChI=1S/C14H16N2O5/c15-12(17)8-21-10-4-1-3-9(7-10)13(18)16-6-2-5-11(16)14(19)20/h1,3-4,7,11H,2,5-6,8H2,(H2,15,17)(H,19,20)/t11-/m1/s1. The summed E-state index contributed by atoms with van der Waals surface area (Å²) in [6, 6.07) is 5.47. The Kier molecular flexibility index (Phi) is 4.42. The number of likely N-dealkylation sites (tertiary alicyclic amines) is 1. The van der Waals surface area contributed by atoms with Gasteiger partial charge in [0.05, 0.1) is 0 Å². The highest BCUT2D eigenvalue weighted by Gasteiger charge is 2.34. The first-order valence-electron chi connectivity index (χ1n) is 6.54. The van der Waals surface area contributed by atoms with Gasteiger partial charge in [-0.15, -0.1) is 0 Å². The van der Waals surface area contributed by atoms with Crippen molar-refractivity contribution in [3.05, 3.63) is 29.8 Å². The molecular weight excluding hydrogens is 276 g/mol. The van der Waals surface area contributed by atoms with Gasteiger partial charge in [-0.05, 0) is 31.0 Å². The van der Waals surface area contributed by atoms with E-state index >= 15 is 0 Å². The van der Waals surface area contributed by atoms with Crippen LogP contribution in [0.3, 0.4) is 0 Å². The van der Waals surface area contributed by atoms with Crippen LogP contribution in [0.4, 0.5) is 0 Å². The molecule has 2 rings (SSSR count). The minimum Gasteiger partial charge on any atom is -0.484 e. The molecule has 0 spiro atoms. The minimum atomic E-state index is -0.998. The van der Waals surface area contributed by atoms with Crippen LogP contribution in [0, 0.1) is 0 Å². The van der Waals surface area contributed by atoms with E-state index in [1.54, 1.807) is 18.2 Å². The van der Waals surface area contributed by atoms with Crippen molar-refractivity contribution in [2.75, 3.05) is 13.2 Å². The van der Waals surface area contributed by atoms with Gasteiger partial charge < -0.3 is 20.5 Å². The van der Waals surface area contributed by atoms with Crippen LogP contribution in [0.15, 0.2) is 24.3 Å². The maximum atomic E-state index is 12.4. The van der Waals surface area contributed by atoms with Crippen molar-refractivity contribution in [2.45, 2.75) is 18.9 Å². The van der Waals surface area contributed by atoms with Crippen LogP contribution in [0.25, 0.3) is 0 Å². The summed E-state index contributed by atoms with van der Waals surface area (Å²) in [5, 5.41) is 9.11. The fraction of sp³-hybridized carbons (Fsp3) is 0.357. The van der Waals surface area contributed by atoms with Gasteiger partial charge in [0.15, 0.2) is 6.61 Å². The van der Waals surface area contributed by atoms with Gasteiger partial charge in [-0.2, -0.15) is 0 Å². The molecule has 2 amide bonds. The van der Waals surface area contributed by atoms with Crippen LogP contribution in [-0.2, 0) is 9.59 Å². The van der Waals surface area contributed by atoms with E-state index in [1.165, 1.54) is 11.0 Å². The zero-order valence-corrected chi connectivity index (χ0v) is 11.3. The van der Waals surface area contributed by atoms with Crippen LogP contribution in [0.2, 0.25) is 0 Å². The predicted octanol–water partition coefficient (Wildman–Crippen LogP) is 0.240. The molecule has 0 radical (unpaired) electrons. The van der Waals surface area contributed by atoms with E-state index in [4.69, 9.17) is 15.6 Å². The molecule has 1 heterocycles. The Hall–Kier alpha value is -2.57. The van der Waals surface area contributed by atoms with Gasteiger partial charge in [-0.3, -0.25) is 9.59 Å². The number of carboxylic acids is 1. The molecule has 1 aliphatic heterocycles. The van der Waals surface area contributed by atoms with E-state index in [0.717, 1.165) is 0 Å². The number of nitrogens with two attached hydrogens (primary N) is 1. The molecule has 1 aliphatic rings. The minimum absolute atomic E-state index is 0.279. The number of carboxylic acid groups (broad SMARTS) is 1. The zero-order chi connectivity index (χ0) is 15.4. The number of hydrogen-bond donors (Lipinski definition) is 2. The number of carbonyl (C=O) groups excluding carboxylic acids is 2. The number of amides is 2. The van der Waals surface area contributed by atoms with Gasteiger partial charge in [0.2, 0.25) is 0 Å². The molecule has 0 unspecified atom stereocenters. The summed E-state index contributed by atoms with van der Waals surface area (Å²) < 4.78 is 5.13. The lowest BCUT2D eigenvalue weighted by Crippen LogP contribution is -2.40. The van der Waals surface area contributed by atoms with Gasteiger partial charge in [0, 0.05) is 12.1 Å². The van der Waals surface area contributed by atoms with Crippen molar-refractivity contribution in [3.8, 4) is 5.75 Å². The molecule has 0 aromatic heterocycles. The van der Waals surface area contributed by atoms with E-state index in [2.05, 4.69) is 0 Å². The summed E-state index contributed by atoms with van der Waals surface area (Å²) >= 11 is 0. The Labute approximate surface area is 121 Å². The van der Waals surface area contributed by atoms with E-state index in [1.807, 2.05) is 0 Å². The van der Waals surface area contributed by atoms with Gasteiger partial charge in [0.1, 0.15) is 11.8 Å². The Balaban J connectivity index is 2.13. The summed E-state index contributed by atoms with van der Waals surface area (Å²) in [6.45, 7) is 0.140. The number of benzene rings is 1. The maximum absolute atomic E-state index is 12.4. The van der Waals surface area contributed by atoms with Crippen LogP contribution < -0.4 is 10.5 Å². The average Bonchev–Trinajstić information content (AvgIpc) is 2.94. The van der Waals surface area contributed by atoms with E-state index in [9.17, 15) is 14.4 Å². The second-order valence-electron chi connectivity index (χ2n) is 4.78. The monoisotopic (exact) mass is 292 g/mol. The number of ether oxygens (including phenoxy) is 1. The Morgan fingerprint density at radius 3 is 2.81 bits per heavy atom. The SMILES string of the molecule is NC(=O)COc1cccc(C(=O)N2CCC[C@@H]2C(=O)O)c1. The fourth-order valence-corrected chi connectivity index (χ4v) is 2.31. The zero-order valence-electron chi connectivity index (χ0n) is 11.3. The quantitative estimate of drug-likeness (QED) is 0.807. The van der Waals surface area contributed by atoms with E-state index in [-0.39, 0.29) is 12.5 Å². The highest BCUT2D eigenvalue weighted by Crippen LogP contribution is 2.22. The molecule has 1 aromatic carbocycles. The lowest BCUT2D eigenvalue weighted by molar-refractivity contribution is -0.141. The third-order valence-corrected chi connectivity index (χ3v) is 3.26. The molecule has 1 fully saturated rings. The molecule has 1 aromatic rings. The molecule has 21 heavy (non-hydrogen) atoms. The molecule has 0 bridgehead atoms. The lowest BCUT2D eigenvalue weighted by atomic mass is 10.1. The molecule has 7 heteroatoms. The number of carbonyl (C=O) groups is 3. The average molecular weight is 292 g/mol. The molecule has 112 valence electrons. The number of primary amides is 1. The van der Waals surface area contributed by atoms with Crippen molar-refractivity contribution in [1.82, 2.24) is 4.90 Å². The smallest absolute Gasteiger partial charge is 0.326 e.